The normalized spacial score (nSPS) is 17.3. The topological polar surface area (TPSA) is 89.8 Å². The van der Waals surface area contributed by atoms with E-state index in [1.54, 1.807) is 6.92 Å². The van der Waals surface area contributed by atoms with Gasteiger partial charge in [0.25, 0.3) is 5.69 Å². The smallest absolute Gasteiger partial charge is 0.271 e. The van der Waals surface area contributed by atoms with E-state index >= 15 is 0 Å². The second kappa shape index (κ2) is 5.24. The van der Waals surface area contributed by atoms with Crippen molar-refractivity contribution in [3.8, 4) is 0 Å². The zero-order valence-electron chi connectivity index (χ0n) is 10.4. The Morgan fingerprint density at radius 2 is 1.89 bits per heavy atom. The number of ether oxygens (including phenoxy) is 1. The van der Waals surface area contributed by atoms with Crippen LogP contribution in [-0.2, 0) is 14.8 Å². The van der Waals surface area contributed by atoms with Gasteiger partial charge in [-0.1, -0.05) is 0 Å². The van der Waals surface area contributed by atoms with Crippen LogP contribution in [0.4, 0.5) is 5.69 Å². The molecule has 0 aromatic heterocycles. The van der Waals surface area contributed by atoms with E-state index in [-0.39, 0.29) is 23.7 Å². The number of hydrogen-bond acceptors (Lipinski definition) is 5. The van der Waals surface area contributed by atoms with Gasteiger partial charge >= 0.3 is 0 Å². The summed E-state index contributed by atoms with van der Waals surface area (Å²) < 4.78 is 31.1. The molecule has 1 aromatic carbocycles. The third-order valence-electron chi connectivity index (χ3n) is 2.85. The predicted octanol–water partition coefficient (Wildman–Crippen LogP) is 0.924. The number of aryl methyl sites for hydroxylation is 1. The van der Waals surface area contributed by atoms with Crippen LogP contribution in [0.15, 0.2) is 23.1 Å². The summed E-state index contributed by atoms with van der Waals surface area (Å²) in [4.78, 5) is 10.2. The molecule has 1 aromatic rings. The molecule has 7 nitrogen and oxygen atoms in total. The average Bonchev–Trinajstić information content (AvgIpc) is 2.39. The standard InChI is InChI=1S/C11H14N2O5S/c1-9-6-10(13(14)15)8-11(7-9)19(16,17)12-2-4-18-5-3-12/h6-8H,2-5H2,1H3. The van der Waals surface area contributed by atoms with Crippen molar-refractivity contribution in [3.05, 3.63) is 33.9 Å². The Labute approximate surface area is 111 Å². The quantitative estimate of drug-likeness (QED) is 0.609. The molecule has 8 heteroatoms. The largest absolute Gasteiger partial charge is 0.379 e. The molecule has 0 unspecified atom stereocenters. The van der Waals surface area contributed by atoms with Crippen molar-refractivity contribution in [1.29, 1.82) is 0 Å². The van der Waals surface area contributed by atoms with Crippen molar-refractivity contribution < 1.29 is 18.1 Å². The van der Waals surface area contributed by atoms with Gasteiger partial charge in [0.2, 0.25) is 10.0 Å². The van der Waals surface area contributed by atoms with E-state index in [0.29, 0.717) is 18.8 Å². The van der Waals surface area contributed by atoms with Gasteiger partial charge in [-0.05, 0) is 18.6 Å². The molecule has 1 aliphatic rings. The number of non-ortho nitro benzene ring substituents is 1. The number of morpholine rings is 1. The van der Waals surface area contributed by atoms with Gasteiger partial charge in [0.15, 0.2) is 0 Å². The molecule has 0 radical (unpaired) electrons. The minimum Gasteiger partial charge on any atom is -0.379 e. The lowest BCUT2D eigenvalue weighted by atomic mass is 10.2. The van der Waals surface area contributed by atoms with Crippen LogP contribution in [0.5, 0.6) is 0 Å². The lowest BCUT2D eigenvalue weighted by Crippen LogP contribution is -2.40. The number of rotatable bonds is 3. The fourth-order valence-corrected chi connectivity index (χ4v) is 3.45. The third kappa shape index (κ3) is 2.91. The lowest BCUT2D eigenvalue weighted by Gasteiger charge is -2.26. The predicted molar refractivity (Wildman–Crippen MR) is 67.4 cm³/mol. The number of nitro benzene ring substituents is 1. The Morgan fingerprint density at radius 3 is 2.47 bits per heavy atom. The van der Waals surface area contributed by atoms with E-state index in [1.165, 1.54) is 16.4 Å². The van der Waals surface area contributed by atoms with Crippen LogP contribution in [0.1, 0.15) is 5.56 Å². The van der Waals surface area contributed by atoms with Crippen LogP contribution in [-0.4, -0.2) is 43.9 Å². The zero-order chi connectivity index (χ0) is 14.0. The molecule has 0 spiro atoms. The molecule has 0 saturated carbocycles. The van der Waals surface area contributed by atoms with E-state index in [4.69, 9.17) is 4.74 Å². The van der Waals surface area contributed by atoms with Crippen LogP contribution < -0.4 is 0 Å². The van der Waals surface area contributed by atoms with E-state index in [2.05, 4.69) is 0 Å². The molecular weight excluding hydrogens is 272 g/mol. The highest BCUT2D eigenvalue weighted by molar-refractivity contribution is 7.89. The molecule has 1 saturated heterocycles. The summed E-state index contributed by atoms with van der Waals surface area (Å²) in [6.45, 7) is 2.85. The highest BCUT2D eigenvalue weighted by atomic mass is 32.2. The van der Waals surface area contributed by atoms with Gasteiger partial charge in [-0.25, -0.2) is 8.42 Å². The van der Waals surface area contributed by atoms with E-state index in [0.717, 1.165) is 6.07 Å². The first kappa shape index (κ1) is 13.9. The summed E-state index contributed by atoms with van der Waals surface area (Å²) in [5.74, 6) is 0. The minimum atomic E-state index is -3.69. The van der Waals surface area contributed by atoms with E-state index in [9.17, 15) is 18.5 Å². The Kier molecular flexibility index (Phi) is 3.83. The molecule has 19 heavy (non-hydrogen) atoms. The summed E-state index contributed by atoms with van der Waals surface area (Å²) in [6.07, 6.45) is 0. The molecule has 0 atom stereocenters. The number of nitro groups is 1. The second-order valence-corrected chi connectivity index (χ2v) is 6.22. The molecule has 1 fully saturated rings. The molecule has 1 heterocycles. The Balaban J connectivity index is 2.42. The maximum atomic E-state index is 12.4. The van der Waals surface area contributed by atoms with Crippen molar-refractivity contribution in [2.75, 3.05) is 26.3 Å². The SMILES string of the molecule is Cc1cc([N+](=O)[O-])cc(S(=O)(=O)N2CCOCC2)c1. The highest BCUT2D eigenvalue weighted by Gasteiger charge is 2.27. The van der Waals surface area contributed by atoms with Crippen LogP contribution >= 0.6 is 0 Å². The molecular formula is C11H14N2O5S. The Bertz CT molecular complexity index is 593. The maximum Gasteiger partial charge on any atom is 0.271 e. The van der Waals surface area contributed by atoms with Gasteiger partial charge in [-0.2, -0.15) is 4.31 Å². The Hall–Kier alpha value is -1.51. The fourth-order valence-electron chi connectivity index (χ4n) is 1.92. The monoisotopic (exact) mass is 286 g/mol. The maximum absolute atomic E-state index is 12.4. The van der Waals surface area contributed by atoms with Gasteiger partial charge < -0.3 is 4.74 Å². The number of benzene rings is 1. The van der Waals surface area contributed by atoms with Crippen LogP contribution in [0.2, 0.25) is 0 Å². The molecule has 0 aliphatic carbocycles. The van der Waals surface area contributed by atoms with Crippen molar-refractivity contribution in [2.24, 2.45) is 0 Å². The lowest BCUT2D eigenvalue weighted by molar-refractivity contribution is -0.385. The van der Waals surface area contributed by atoms with E-state index < -0.39 is 14.9 Å². The number of sulfonamides is 1. The zero-order valence-corrected chi connectivity index (χ0v) is 11.2. The van der Waals surface area contributed by atoms with Gasteiger partial charge in [0.05, 0.1) is 23.0 Å². The number of nitrogens with zero attached hydrogens (tertiary/aromatic N) is 2. The minimum absolute atomic E-state index is 0.0406. The van der Waals surface area contributed by atoms with Gasteiger partial charge in [0.1, 0.15) is 0 Å². The summed E-state index contributed by atoms with van der Waals surface area (Å²) in [5.41, 5.74) is 0.327. The summed E-state index contributed by atoms with van der Waals surface area (Å²) in [5, 5.41) is 10.8. The van der Waals surface area contributed by atoms with Gasteiger partial charge in [-0.15, -0.1) is 0 Å². The second-order valence-electron chi connectivity index (χ2n) is 4.28. The summed E-state index contributed by atoms with van der Waals surface area (Å²) in [7, 11) is -3.69. The highest BCUT2D eigenvalue weighted by Crippen LogP contribution is 2.23. The molecule has 1 aliphatic heterocycles. The molecule has 0 N–H and O–H groups in total. The Morgan fingerprint density at radius 1 is 1.26 bits per heavy atom. The van der Waals surface area contributed by atoms with Crippen LogP contribution in [0.25, 0.3) is 0 Å². The van der Waals surface area contributed by atoms with E-state index in [1.807, 2.05) is 0 Å². The molecule has 0 bridgehead atoms. The molecule has 104 valence electrons. The van der Waals surface area contributed by atoms with Crippen molar-refractivity contribution in [2.45, 2.75) is 11.8 Å². The molecule has 0 amide bonds. The van der Waals surface area contributed by atoms with Gasteiger partial charge in [-0.3, -0.25) is 10.1 Å². The van der Waals surface area contributed by atoms with Crippen molar-refractivity contribution >= 4 is 15.7 Å². The fraction of sp³-hybridized carbons (Fsp3) is 0.455. The first-order valence-electron chi connectivity index (χ1n) is 5.75. The summed E-state index contributed by atoms with van der Waals surface area (Å²) in [6, 6.07) is 3.88. The van der Waals surface area contributed by atoms with Crippen molar-refractivity contribution in [3.63, 3.8) is 0 Å². The van der Waals surface area contributed by atoms with Crippen LogP contribution in [0, 0.1) is 17.0 Å². The first-order chi connectivity index (χ1) is 8.91. The van der Waals surface area contributed by atoms with Crippen LogP contribution in [0.3, 0.4) is 0 Å². The molecule has 2 rings (SSSR count). The first-order valence-corrected chi connectivity index (χ1v) is 7.19. The summed E-state index contributed by atoms with van der Waals surface area (Å²) >= 11 is 0. The average molecular weight is 286 g/mol. The van der Waals surface area contributed by atoms with Gasteiger partial charge in [0, 0.05) is 25.2 Å². The van der Waals surface area contributed by atoms with Crippen molar-refractivity contribution in [1.82, 2.24) is 4.31 Å². The number of hydrogen-bond donors (Lipinski definition) is 0. The third-order valence-corrected chi connectivity index (χ3v) is 4.73.